The molecule has 1 aromatic carbocycles. The lowest BCUT2D eigenvalue weighted by Crippen LogP contribution is -2.37. The molecule has 2 N–H and O–H groups in total. The summed E-state index contributed by atoms with van der Waals surface area (Å²) in [7, 11) is 4.28. The van der Waals surface area contributed by atoms with E-state index in [4.69, 9.17) is 17.3 Å². The third-order valence-corrected chi connectivity index (χ3v) is 4.15. The molecule has 3 nitrogen and oxygen atoms in total. The minimum Gasteiger partial charge on any atom is -0.326 e. The van der Waals surface area contributed by atoms with Crippen molar-refractivity contribution >= 4 is 11.6 Å². The minimum atomic E-state index is 0.549. The van der Waals surface area contributed by atoms with Gasteiger partial charge in [-0.1, -0.05) is 23.7 Å². The number of hydrogen-bond acceptors (Lipinski definition) is 3. The van der Waals surface area contributed by atoms with Crippen LogP contribution < -0.4 is 5.73 Å². The van der Waals surface area contributed by atoms with Crippen molar-refractivity contribution < 1.29 is 0 Å². The maximum atomic E-state index is 6.35. The van der Waals surface area contributed by atoms with E-state index in [1.807, 2.05) is 6.07 Å². The number of likely N-dealkylation sites (tertiary alicyclic amines) is 1. The first-order valence-corrected chi connectivity index (χ1v) is 7.34. The van der Waals surface area contributed by atoms with Gasteiger partial charge in [-0.15, -0.1) is 0 Å². The third kappa shape index (κ3) is 3.93. The molecule has 106 valence electrons. The standard InChI is InChI=1S/C15H24ClN3/c1-18(2)11-14-4-3-7-19(14)10-13-6-5-12(9-17)8-15(13)16/h5-6,8,14H,3-4,7,9-11,17H2,1-2H3. The van der Waals surface area contributed by atoms with Gasteiger partial charge in [0.25, 0.3) is 0 Å². The van der Waals surface area contributed by atoms with E-state index in [0.29, 0.717) is 12.6 Å². The molecule has 1 aliphatic rings. The van der Waals surface area contributed by atoms with Crippen molar-refractivity contribution in [3.05, 3.63) is 34.3 Å². The van der Waals surface area contributed by atoms with Crippen LogP contribution in [-0.2, 0) is 13.1 Å². The van der Waals surface area contributed by atoms with E-state index >= 15 is 0 Å². The summed E-state index contributed by atoms with van der Waals surface area (Å²) in [5.74, 6) is 0. The average molecular weight is 282 g/mol. The molecular formula is C15H24ClN3. The zero-order valence-corrected chi connectivity index (χ0v) is 12.7. The van der Waals surface area contributed by atoms with Gasteiger partial charge in [-0.3, -0.25) is 4.90 Å². The number of nitrogens with zero attached hydrogens (tertiary/aromatic N) is 2. The minimum absolute atomic E-state index is 0.549. The zero-order valence-electron chi connectivity index (χ0n) is 11.9. The van der Waals surface area contributed by atoms with Crippen LogP contribution in [0.3, 0.4) is 0 Å². The van der Waals surface area contributed by atoms with Crippen LogP contribution in [0, 0.1) is 0 Å². The number of likely N-dealkylation sites (N-methyl/N-ethyl adjacent to an activating group) is 1. The van der Waals surface area contributed by atoms with E-state index in [2.05, 4.69) is 36.0 Å². The van der Waals surface area contributed by atoms with Crippen LogP contribution in [0.1, 0.15) is 24.0 Å². The smallest absolute Gasteiger partial charge is 0.0454 e. The molecule has 0 amide bonds. The third-order valence-electron chi connectivity index (χ3n) is 3.80. The Morgan fingerprint density at radius 2 is 2.21 bits per heavy atom. The molecule has 0 aromatic heterocycles. The van der Waals surface area contributed by atoms with Crippen molar-refractivity contribution in [3.8, 4) is 0 Å². The highest BCUT2D eigenvalue weighted by Gasteiger charge is 2.25. The number of nitrogens with two attached hydrogens (primary N) is 1. The van der Waals surface area contributed by atoms with E-state index in [1.54, 1.807) is 0 Å². The molecule has 0 bridgehead atoms. The molecule has 0 radical (unpaired) electrons. The number of benzene rings is 1. The van der Waals surface area contributed by atoms with Gasteiger partial charge in [-0.05, 0) is 50.7 Å². The fourth-order valence-corrected chi connectivity index (χ4v) is 3.06. The molecule has 0 saturated carbocycles. The van der Waals surface area contributed by atoms with Gasteiger partial charge in [-0.2, -0.15) is 0 Å². The number of halogens is 1. The summed E-state index contributed by atoms with van der Waals surface area (Å²) in [5.41, 5.74) is 7.94. The molecule has 1 aliphatic heterocycles. The Bertz CT molecular complexity index is 420. The van der Waals surface area contributed by atoms with E-state index in [0.717, 1.165) is 23.7 Å². The number of hydrogen-bond donors (Lipinski definition) is 1. The van der Waals surface area contributed by atoms with Gasteiger partial charge in [0.05, 0.1) is 0 Å². The lowest BCUT2D eigenvalue weighted by Gasteiger charge is -2.27. The van der Waals surface area contributed by atoms with Gasteiger partial charge in [0.1, 0.15) is 0 Å². The molecule has 1 saturated heterocycles. The van der Waals surface area contributed by atoms with Crippen molar-refractivity contribution in [1.29, 1.82) is 0 Å². The Morgan fingerprint density at radius 3 is 2.84 bits per heavy atom. The van der Waals surface area contributed by atoms with Crippen LogP contribution in [0.4, 0.5) is 0 Å². The highest BCUT2D eigenvalue weighted by molar-refractivity contribution is 6.31. The van der Waals surface area contributed by atoms with E-state index < -0.39 is 0 Å². The summed E-state index contributed by atoms with van der Waals surface area (Å²) in [4.78, 5) is 4.81. The molecule has 0 aliphatic carbocycles. The lowest BCUT2D eigenvalue weighted by molar-refractivity contribution is 0.201. The van der Waals surface area contributed by atoms with Crippen LogP contribution in [0.5, 0.6) is 0 Å². The van der Waals surface area contributed by atoms with E-state index in [1.165, 1.54) is 24.9 Å². The zero-order chi connectivity index (χ0) is 13.8. The molecule has 0 spiro atoms. The van der Waals surface area contributed by atoms with Crippen molar-refractivity contribution in [2.75, 3.05) is 27.2 Å². The predicted octanol–water partition coefficient (Wildman–Crippen LogP) is 2.32. The largest absolute Gasteiger partial charge is 0.326 e. The van der Waals surface area contributed by atoms with Crippen LogP contribution in [0.25, 0.3) is 0 Å². The summed E-state index contributed by atoms with van der Waals surface area (Å²) >= 11 is 6.35. The normalized spacial score (nSPS) is 20.4. The van der Waals surface area contributed by atoms with Crippen molar-refractivity contribution in [2.45, 2.75) is 32.0 Å². The second-order valence-electron chi connectivity index (χ2n) is 5.66. The first-order chi connectivity index (χ1) is 9.10. The molecule has 4 heteroatoms. The monoisotopic (exact) mass is 281 g/mol. The highest BCUT2D eigenvalue weighted by atomic mass is 35.5. The topological polar surface area (TPSA) is 32.5 Å². The molecule has 1 heterocycles. The molecule has 1 aromatic rings. The van der Waals surface area contributed by atoms with Crippen LogP contribution in [0.15, 0.2) is 18.2 Å². The van der Waals surface area contributed by atoms with Crippen LogP contribution >= 0.6 is 11.6 Å². The lowest BCUT2D eigenvalue weighted by atomic mass is 10.1. The molecule has 1 fully saturated rings. The molecular weight excluding hydrogens is 258 g/mol. The fourth-order valence-electron chi connectivity index (χ4n) is 2.80. The quantitative estimate of drug-likeness (QED) is 0.899. The van der Waals surface area contributed by atoms with Crippen LogP contribution in [-0.4, -0.2) is 43.0 Å². The maximum Gasteiger partial charge on any atom is 0.0454 e. The second kappa shape index (κ2) is 6.71. The Kier molecular flexibility index (Phi) is 5.22. The van der Waals surface area contributed by atoms with E-state index in [9.17, 15) is 0 Å². The Hall–Kier alpha value is -0.610. The maximum absolute atomic E-state index is 6.35. The fraction of sp³-hybridized carbons (Fsp3) is 0.600. The van der Waals surface area contributed by atoms with Crippen LogP contribution in [0.2, 0.25) is 5.02 Å². The van der Waals surface area contributed by atoms with Crippen molar-refractivity contribution in [2.24, 2.45) is 5.73 Å². The van der Waals surface area contributed by atoms with Gasteiger partial charge in [-0.25, -0.2) is 0 Å². The summed E-state index contributed by atoms with van der Waals surface area (Å²) in [6.45, 7) is 3.79. The Labute approximate surface area is 121 Å². The van der Waals surface area contributed by atoms with Gasteiger partial charge < -0.3 is 10.6 Å². The first-order valence-electron chi connectivity index (χ1n) is 6.96. The predicted molar refractivity (Wildman–Crippen MR) is 81.3 cm³/mol. The summed E-state index contributed by atoms with van der Waals surface area (Å²) in [6, 6.07) is 6.85. The van der Waals surface area contributed by atoms with Crippen molar-refractivity contribution in [3.63, 3.8) is 0 Å². The van der Waals surface area contributed by atoms with Gasteiger partial charge in [0.15, 0.2) is 0 Å². The molecule has 2 rings (SSSR count). The van der Waals surface area contributed by atoms with Crippen molar-refractivity contribution in [1.82, 2.24) is 9.80 Å². The van der Waals surface area contributed by atoms with Gasteiger partial charge in [0, 0.05) is 30.7 Å². The Morgan fingerprint density at radius 1 is 1.42 bits per heavy atom. The summed E-state index contributed by atoms with van der Waals surface area (Å²) < 4.78 is 0. The molecule has 1 unspecified atom stereocenters. The Balaban J connectivity index is 2.03. The van der Waals surface area contributed by atoms with Gasteiger partial charge in [0.2, 0.25) is 0 Å². The van der Waals surface area contributed by atoms with E-state index in [-0.39, 0.29) is 0 Å². The first kappa shape index (κ1) is 14.8. The second-order valence-corrected chi connectivity index (χ2v) is 6.07. The number of rotatable bonds is 5. The van der Waals surface area contributed by atoms with Gasteiger partial charge >= 0.3 is 0 Å². The average Bonchev–Trinajstić information content (AvgIpc) is 2.78. The summed E-state index contributed by atoms with van der Waals surface area (Å²) in [6.07, 6.45) is 2.58. The SMILES string of the molecule is CN(C)CC1CCCN1Cc1ccc(CN)cc1Cl. The molecule has 1 atom stereocenters. The summed E-state index contributed by atoms with van der Waals surface area (Å²) in [5, 5.41) is 0.846. The highest BCUT2D eigenvalue weighted by Crippen LogP contribution is 2.24. The molecule has 19 heavy (non-hydrogen) atoms.